The average molecular weight is 306 g/mol. The second-order valence-corrected chi connectivity index (χ2v) is 5.96. The summed E-state index contributed by atoms with van der Waals surface area (Å²) in [5.41, 5.74) is 4.91. The number of amides is 1. The SMILES string of the molecule is CC(=O)Nc1ccc(CN2CC=C(c3ccccc3)CC2)cc1. The Labute approximate surface area is 137 Å². The van der Waals surface area contributed by atoms with Crippen molar-refractivity contribution in [3.63, 3.8) is 0 Å². The second kappa shape index (κ2) is 7.25. The van der Waals surface area contributed by atoms with E-state index in [4.69, 9.17) is 0 Å². The van der Waals surface area contributed by atoms with E-state index in [1.54, 1.807) is 0 Å². The van der Waals surface area contributed by atoms with Crippen LogP contribution in [0.15, 0.2) is 60.7 Å². The molecule has 3 heteroatoms. The van der Waals surface area contributed by atoms with Gasteiger partial charge in [0.2, 0.25) is 5.91 Å². The molecule has 0 saturated carbocycles. The van der Waals surface area contributed by atoms with Gasteiger partial charge in [-0.1, -0.05) is 48.5 Å². The van der Waals surface area contributed by atoms with Crippen molar-refractivity contribution in [2.45, 2.75) is 19.9 Å². The van der Waals surface area contributed by atoms with Crippen molar-refractivity contribution in [2.75, 3.05) is 18.4 Å². The smallest absolute Gasteiger partial charge is 0.221 e. The predicted octanol–water partition coefficient (Wildman–Crippen LogP) is 3.93. The summed E-state index contributed by atoms with van der Waals surface area (Å²) in [7, 11) is 0. The maximum Gasteiger partial charge on any atom is 0.221 e. The third kappa shape index (κ3) is 4.30. The summed E-state index contributed by atoms with van der Waals surface area (Å²) in [4.78, 5) is 13.5. The summed E-state index contributed by atoms with van der Waals surface area (Å²) >= 11 is 0. The molecule has 2 aromatic carbocycles. The highest BCUT2D eigenvalue weighted by molar-refractivity contribution is 5.88. The Morgan fingerprint density at radius 1 is 1.09 bits per heavy atom. The average Bonchev–Trinajstić information content (AvgIpc) is 2.58. The van der Waals surface area contributed by atoms with Gasteiger partial charge >= 0.3 is 0 Å². The highest BCUT2D eigenvalue weighted by Gasteiger charge is 2.13. The molecule has 0 radical (unpaired) electrons. The Kier molecular flexibility index (Phi) is 4.89. The summed E-state index contributed by atoms with van der Waals surface area (Å²) in [5.74, 6) is -0.0349. The molecule has 0 aromatic heterocycles. The molecular weight excluding hydrogens is 284 g/mol. The van der Waals surface area contributed by atoms with Gasteiger partial charge in [-0.05, 0) is 35.3 Å². The zero-order chi connectivity index (χ0) is 16.1. The van der Waals surface area contributed by atoms with Gasteiger partial charge in [-0.2, -0.15) is 0 Å². The van der Waals surface area contributed by atoms with Crippen LogP contribution in [0.2, 0.25) is 0 Å². The number of rotatable bonds is 4. The van der Waals surface area contributed by atoms with E-state index >= 15 is 0 Å². The van der Waals surface area contributed by atoms with Gasteiger partial charge in [0.25, 0.3) is 0 Å². The molecule has 3 rings (SSSR count). The minimum atomic E-state index is -0.0349. The maximum absolute atomic E-state index is 11.0. The minimum absolute atomic E-state index is 0.0349. The molecule has 23 heavy (non-hydrogen) atoms. The highest BCUT2D eigenvalue weighted by Crippen LogP contribution is 2.23. The number of carbonyl (C=O) groups excluding carboxylic acids is 1. The van der Waals surface area contributed by atoms with Crippen LogP contribution < -0.4 is 5.32 Å². The second-order valence-electron chi connectivity index (χ2n) is 5.96. The van der Waals surface area contributed by atoms with Gasteiger partial charge in [0, 0.05) is 32.2 Å². The first kappa shape index (κ1) is 15.5. The van der Waals surface area contributed by atoms with Crippen molar-refractivity contribution >= 4 is 17.2 Å². The number of anilines is 1. The van der Waals surface area contributed by atoms with Gasteiger partial charge < -0.3 is 5.32 Å². The Morgan fingerprint density at radius 2 is 1.83 bits per heavy atom. The van der Waals surface area contributed by atoms with Crippen LogP contribution in [-0.2, 0) is 11.3 Å². The lowest BCUT2D eigenvalue weighted by atomic mass is 9.99. The molecule has 2 aromatic rings. The van der Waals surface area contributed by atoms with E-state index in [1.807, 2.05) is 12.1 Å². The van der Waals surface area contributed by atoms with Crippen molar-refractivity contribution < 1.29 is 4.79 Å². The predicted molar refractivity (Wildman–Crippen MR) is 95.1 cm³/mol. The Hall–Kier alpha value is -2.39. The molecule has 0 atom stereocenters. The number of nitrogens with one attached hydrogen (secondary N) is 1. The molecule has 1 amide bonds. The monoisotopic (exact) mass is 306 g/mol. The molecule has 0 aliphatic carbocycles. The molecule has 1 N–H and O–H groups in total. The lowest BCUT2D eigenvalue weighted by Gasteiger charge is -2.26. The Balaban J connectivity index is 1.58. The first-order valence-electron chi connectivity index (χ1n) is 8.04. The van der Waals surface area contributed by atoms with Crippen LogP contribution in [0.1, 0.15) is 24.5 Å². The van der Waals surface area contributed by atoms with Gasteiger partial charge in [-0.3, -0.25) is 9.69 Å². The molecule has 0 unspecified atom stereocenters. The summed E-state index contributed by atoms with van der Waals surface area (Å²) in [6, 6.07) is 18.7. The standard InChI is InChI=1S/C20H22N2O/c1-16(23)21-20-9-7-17(8-10-20)15-22-13-11-19(12-14-22)18-5-3-2-4-6-18/h2-11H,12-15H2,1H3,(H,21,23). The summed E-state index contributed by atoms with van der Waals surface area (Å²) in [6.07, 6.45) is 3.43. The van der Waals surface area contributed by atoms with Crippen LogP contribution in [0.5, 0.6) is 0 Å². The molecular formula is C20H22N2O. The maximum atomic E-state index is 11.0. The van der Waals surface area contributed by atoms with Crippen LogP contribution in [0.3, 0.4) is 0 Å². The van der Waals surface area contributed by atoms with Gasteiger partial charge in [-0.25, -0.2) is 0 Å². The fraction of sp³-hybridized carbons (Fsp3) is 0.250. The summed E-state index contributed by atoms with van der Waals surface area (Å²) < 4.78 is 0. The van der Waals surface area contributed by atoms with Crippen molar-refractivity contribution in [3.05, 3.63) is 71.8 Å². The lowest BCUT2D eigenvalue weighted by Crippen LogP contribution is -2.28. The topological polar surface area (TPSA) is 32.3 Å². The first-order valence-corrected chi connectivity index (χ1v) is 8.04. The molecule has 1 heterocycles. The number of benzene rings is 2. The zero-order valence-electron chi connectivity index (χ0n) is 13.5. The van der Waals surface area contributed by atoms with Crippen LogP contribution >= 0.6 is 0 Å². The number of hydrogen-bond acceptors (Lipinski definition) is 2. The van der Waals surface area contributed by atoms with E-state index in [1.165, 1.54) is 23.6 Å². The van der Waals surface area contributed by atoms with Gasteiger partial charge in [0.15, 0.2) is 0 Å². The molecule has 0 bridgehead atoms. The number of hydrogen-bond donors (Lipinski definition) is 1. The van der Waals surface area contributed by atoms with Crippen molar-refractivity contribution in [3.8, 4) is 0 Å². The normalized spacial score (nSPS) is 15.1. The van der Waals surface area contributed by atoms with Crippen LogP contribution in [0, 0.1) is 0 Å². The van der Waals surface area contributed by atoms with Gasteiger partial charge in [-0.15, -0.1) is 0 Å². The molecule has 1 aliphatic rings. The Bertz CT molecular complexity index is 689. The lowest BCUT2D eigenvalue weighted by molar-refractivity contribution is -0.114. The number of nitrogens with zero attached hydrogens (tertiary/aromatic N) is 1. The molecule has 0 saturated heterocycles. The van der Waals surface area contributed by atoms with Gasteiger partial charge in [0.05, 0.1) is 0 Å². The molecule has 0 spiro atoms. The quantitative estimate of drug-likeness (QED) is 0.928. The van der Waals surface area contributed by atoms with Gasteiger partial charge in [0.1, 0.15) is 0 Å². The van der Waals surface area contributed by atoms with E-state index in [0.29, 0.717) is 0 Å². The van der Waals surface area contributed by atoms with Crippen molar-refractivity contribution in [2.24, 2.45) is 0 Å². The summed E-state index contributed by atoms with van der Waals surface area (Å²) in [5, 5.41) is 2.80. The minimum Gasteiger partial charge on any atom is -0.326 e. The van der Waals surface area contributed by atoms with E-state index in [-0.39, 0.29) is 5.91 Å². The largest absolute Gasteiger partial charge is 0.326 e. The summed E-state index contributed by atoms with van der Waals surface area (Å²) in [6.45, 7) is 4.53. The Morgan fingerprint density at radius 3 is 2.43 bits per heavy atom. The third-order valence-electron chi connectivity index (χ3n) is 4.12. The van der Waals surface area contributed by atoms with Crippen LogP contribution in [-0.4, -0.2) is 23.9 Å². The first-order chi connectivity index (χ1) is 11.2. The third-order valence-corrected chi connectivity index (χ3v) is 4.12. The fourth-order valence-corrected chi connectivity index (χ4v) is 2.92. The fourth-order valence-electron chi connectivity index (χ4n) is 2.92. The molecule has 0 fully saturated rings. The van der Waals surface area contributed by atoms with E-state index in [2.05, 4.69) is 58.8 Å². The van der Waals surface area contributed by atoms with Crippen LogP contribution in [0.4, 0.5) is 5.69 Å². The zero-order valence-corrected chi connectivity index (χ0v) is 13.5. The van der Waals surface area contributed by atoms with E-state index < -0.39 is 0 Å². The van der Waals surface area contributed by atoms with Crippen LogP contribution in [0.25, 0.3) is 5.57 Å². The van der Waals surface area contributed by atoms with E-state index in [9.17, 15) is 4.79 Å². The van der Waals surface area contributed by atoms with E-state index in [0.717, 1.165) is 31.7 Å². The molecule has 118 valence electrons. The molecule has 1 aliphatic heterocycles. The highest BCUT2D eigenvalue weighted by atomic mass is 16.1. The van der Waals surface area contributed by atoms with Crippen molar-refractivity contribution in [1.29, 1.82) is 0 Å². The number of carbonyl (C=O) groups is 1. The molecule has 3 nitrogen and oxygen atoms in total. The van der Waals surface area contributed by atoms with Crippen molar-refractivity contribution in [1.82, 2.24) is 4.90 Å².